The van der Waals surface area contributed by atoms with Gasteiger partial charge >= 0.3 is 0 Å². The van der Waals surface area contributed by atoms with Crippen molar-refractivity contribution < 1.29 is 4.90 Å². The quantitative estimate of drug-likeness (QED) is 0.624. The summed E-state index contributed by atoms with van der Waals surface area (Å²) in [6, 6.07) is 6.11. The fourth-order valence-electron chi connectivity index (χ4n) is 2.40. The molecule has 0 aromatic rings. The molecule has 0 aliphatic carbocycles. The molecule has 0 spiro atoms. The number of hydrogen-bond acceptors (Lipinski definition) is 0. The minimum absolute atomic E-state index is 0.783. The van der Waals surface area contributed by atoms with Gasteiger partial charge in [-0.3, -0.25) is 0 Å². The summed E-state index contributed by atoms with van der Waals surface area (Å²) in [6.07, 6.45) is 1.48. The molecule has 0 amide bonds. The smallest absolute Gasteiger partial charge is 0.0825 e. The molecule has 0 radical (unpaired) electrons. The monoisotopic (exact) mass is 200 g/mol. The van der Waals surface area contributed by atoms with Crippen molar-refractivity contribution in [3.05, 3.63) is 0 Å². The SMILES string of the molecule is CC[Si](CC)(CC)CC[NH+]1CCC1. The second kappa shape index (κ2) is 5.16. The molecule has 0 bridgehead atoms. The number of quaternary nitrogens is 1. The van der Waals surface area contributed by atoms with Crippen molar-refractivity contribution in [3.8, 4) is 0 Å². The van der Waals surface area contributed by atoms with E-state index in [1.807, 2.05) is 4.90 Å². The third-order valence-corrected chi connectivity index (χ3v) is 10.1. The Labute approximate surface area is 84.5 Å². The Kier molecular flexibility index (Phi) is 4.46. The molecule has 1 rings (SSSR count). The first-order valence-electron chi connectivity index (χ1n) is 6.10. The molecule has 2 heteroatoms. The minimum atomic E-state index is -0.783. The van der Waals surface area contributed by atoms with Gasteiger partial charge in [0.2, 0.25) is 0 Å². The maximum atomic E-state index is 2.42. The Morgan fingerprint density at radius 3 is 1.85 bits per heavy atom. The van der Waals surface area contributed by atoms with Crippen molar-refractivity contribution in [1.82, 2.24) is 0 Å². The molecule has 1 aliphatic heterocycles. The molecule has 1 saturated heterocycles. The summed E-state index contributed by atoms with van der Waals surface area (Å²) in [5.74, 6) is 0. The van der Waals surface area contributed by atoms with E-state index in [1.165, 1.54) is 44.2 Å². The van der Waals surface area contributed by atoms with Crippen LogP contribution in [0, 0.1) is 0 Å². The third-order valence-electron chi connectivity index (χ3n) is 4.32. The summed E-state index contributed by atoms with van der Waals surface area (Å²) in [4.78, 5) is 1.88. The molecule has 0 atom stereocenters. The lowest BCUT2D eigenvalue weighted by Crippen LogP contribution is -3.17. The van der Waals surface area contributed by atoms with Crippen LogP contribution in [-0.4, -0.2) is 27.7 Å². The molecule has 1 fully saturated rings. The summed E-state index contributed by atoms with van der Waals surface area (Å²) in [6.45, 7) is 11.7. The van der Waals surface area contributed by atoms with E-state index in [-0.39, 0.29) is 0 Å². The lowest BCUT2D eigenvalue weighted by Gasteiger charge is -2.33. The Morgan fingerprint density at radius 2 is 1.54 bits per heavy atom. The van der Waals surface area contributed by atoms with Gasteiger partial charge in [0, 0.05) is 6.42 Å². The molecule has 1 aliphatic rings. The van der Waals surface area contributed by atoms with E-state index >= 15 is 0 Å². The first-order chi connectivity index (χ1) is 6.26. The number of hydrogen-bond donors (Lipinski definition) is 1. The van der Waals surface area contributed by atoms with E-state index in [0.29, 0.717) is 0 Å². The van der Waals surface area contributed by atoms with Crippen LogP contribution in [0.1, 0.15) is 27.2 Å². The summed E-state index contributed by atoms with van der Waals surface area (Å²) in [7, 11) is -0.783. The van der Waals surface area contributed by atoms with Gasteiger partial charge in [0.15, 0.2) is 0 Å². The van der Waals surface area contributed by atoms with E-state index < -0.39 is 8.07 Å². The molecule has 1 heterocycles. The van der Waals surface area contributed by atoms with Crippen molar-refractivity contribution in [3.63, 3.8) is 0 Å². The molecule has 0 aromatic heterocycles. The summed E-state index contributed by atoms with van der Waals surface area (Å²) in [5.41, 5.74) is 0. The zero-order valence-corrected chi connectivity index (χ0v) is 10.7. The highest BCUT2D eigenvalue weighted by Crippen LogP contribution is 2.23. The highest BCUT2D eigenvalue weighted by Gasteiger charge is 2.29. The molecular weight excluding hydrogens is 174 g/mol. The first kappa shape index (κ1) is 11.3. The Balaban J connectivity index is 2.27. The molecule has 0 unspecified atom stereocenters. The van der Waals surface area contributed by atoms with Gasteiger partial charge in [-0.25, -0.2) is 0 Å². The average molecular weight is 200 g/mol. The second-order valence-electron chi connectivity index (χ2n) is 4.66. The van der Waals surface area contributed by atoms with Crippen LogP contribution in [0.4, 0.5) is 0 Å². The van der Waals surface area contributed by atoms with Crippen molar-refractivity contribution >= 4 is 8.07 Å². The van der Waals surface area contributed by atoms with Crippen LogP contribution >= 0.6 is 0 Å². The maximum absolute atomic E-state index is 2.42. The van der Waals surface area contributed by atoms with E-state index in [2.05, 4.69) is 20.8 Å². The standard InChI is InChI=1S/C11H25NSi/c1-4-13(5-2,6-3)11-10-12-8-7-9-12/h4-11H2,1-3H3/p+1. The van der Waals surface area contributed by atoms with Gasteiger partial charge in [-0.2, -0.15) is 0 Å². The van der Waals surface area contributed by atoms with Crippen molar-refractivity contribution in [2.75, 3.05) is 19.6 Å². The average Bonchev–Trinajstić information content (AvgIpc) is 2.11. The van der Waals surface area contributed by atoms with Crippen LogP contribution in [0.15, 0.2) is 0 Å². The maximum Gasteiger partial charge on any atom is 0.0825 e. The van der Waals surface area contributed by atoms with E-state index in [9.17, 15) is 0 Å². The van der Waals surface area contributed by atoms with Crippen LogP contribution in [0.5, 0.6) is 0 Å². The van der Waals surface area contributed by atoms with Gasteiger partial charge in [-0.1, -0.05) is 38.9 Å². The number of rotatable bonds is 6. The molecule has 1 N–H and O–H groups in total. The van der Waals surface area contributed by atoms with Crippen LogP contribution in [0.3, 0.4) is 0 Å². The van der Waals surface area contributed by atoms with Crippen molar-refractivity contribution in [2.24, 2.45) is 0 Å². The van der Waals surface area contributed by atoms with Gasteiger partial charge in [0.1, 0.15) is 0 Å². The Morgan fingerprint density at radius 1 is 1.00 bits per heavy atom. The third kappa shape index (κ3) is 2.81. The lowest BCUT2D eigenvalue weighted by molar-refractivity contribution is -0.937. The predicted molar refractivity (Wildman–Crippen MR) is 62.2 cm³/mol. The van der Waals surface area contributed by atoms with E-state index in [0.717, 1.165) is 0 Å². The lowest BCUT2D eigenvalue weighted by atomic mass is 10.2. The van der Waals surface area contributed by atoms with Crippen LogP contribution in [0.25, 0.3) is 0 Å². The largest absolute Gasteiger partial charge is 0.335 e. The van der Waals surface area contributed by atoms with Gasteiger partial charge in [-0.05, 0) is 6.04 Å². The molecule has 0 saturated carbocycles. The Bertz CT molecular complexity index is 131. The molecule has 1 nitrogen and oxygen atoms in total. The van der Waals surface area contributed by atoms with Gasteiger partial charge in [0.25, 0.3) is 0 Å². The topological polar surface area (TPSA) is 4.44 Å². The first-order valence-corrected chi connectivity index (χ1v) is 8.92. The highest BCUT2D eigenvalue weighted by molar-refractivity contribution is 6.79. The highest BCUT2D eigenvalue weighted by atomic mass is 28.3. The minimum Gasteiger partial charge on any atom is -0.335 e. The van der Waals surface area contributed by atoms with Crippen molar-refractivity contribution in [1.29, 1.82) is 0 Å². The zero-order chi connectivity index (χ0) is 9.73. The summed E-state index contributed by atoms with van der Waals surface area (Å²) in [5, 5.41) is 0. The van der Waals surface area contributed by atoms with Gasteiger partial charge < -0.3 is 4.90 Å². The van der Waals surface area contributed by atoms with Gasteiger partial charge in [0.05, 0.1) is 27.7 Å². The van der Waals surface area contributed by atoms with Crippen LogP contribution in [-0.2, 0) is 0 Å². The van der Waals surface area contributed by atoms with E-state index in [4.69, 9.17) is 0 Å². The number of nitrogens with one attached hydrogen (secondary N) is 1. The van der Waals surface area contributed by atoms with Gasteiger partial charge in [-0.15, -0.1) is 0 Å². The molecular formula is C11H26NSi+. The molecule has 78 valence electrons. The normalized spacial score (nSPS) is 18.7. The summed E-state index contributed by atoms with van der Waals surface area (Å²) >= 11 is 0. The number of likely N-dealkylation sites (tertiary alicyclic amines) is 1. The Hall–Kier alpha value is 0.177. The van der Waals surface area contributed by atoms with Crippen LogP contribution < -0.4 is 4.90 Å². The van der Waals surface area contributed by atoms with E-state index in [1.54, 1.807) is 6.04 Å². The van der Waals surface area contributed by atoms with Crippen molar-refractivity contribution in [2.45, 2.75) is 51.4 Å². The molecule has 13 heavy (non-hydrogen) atoms. The fourth-order valence-corrected chi connectivity index (χ4v) is 5.84. The fraction of sp³-hybridized carbons (Fsp3) is 1.00. The predicted octanol–water partition coefficient (Wildman–Crippen LogP) is 1.78. The molecule has 0 aromatic carbocycles. The second-order valence-corrected chi connectivity index (χ2v) is 10.3. The zero-order valence-electron chi connectivity index (χ0n) is 9.66. The van der Waals surface area contributed by atoms with Crippen LogP contribution in [0.2, 0.25) is 24.2 Å². The summed E-state index contributed by atoms with van der Waals surface area (Å²) < 4.78 is 0.